The van der Waals surface area contributed by atoms with E-state index in [4.69, 9.17) is 4.74 Å². The molecule has 1 unspecified atom stereocenters. The van der Waals surface area contributed by atoms with Crippen molar-refractivity contribution in [2.45, 2.75) is 13.0 Å². The van der Waals surface area contributed by atoms with Crippen molar-refractivity contribution >= 4 is 17.0 Å². The van der Waals surface area contributed by atoms with E-state index in [2.05, 4.69) is 22.2 Å². The van der Waals surface area contributed by atoms with Crippen molar-refractivity contribution in [1.82, 2.24) is 9.97 Å². The lowest BCUT2D eigenvalue weighted by Gasteiger charge is -2.12. The third-order valence-corrected chi connectivity index (χ3v) is 2.83. The average Bonchev–Trinajstić information content (AvgIpc) is 2.83. The van der Waals surface area contributed by atoms with Crippen LogP contribution < -0.4 is 10.1 Å². The molecule has 0 amide bonds. The fourth-order valence-corrected chi connectivity index (χ4v) is 1.99. The number of hydrogen-bond acceptors (Lipinski definition) is 5. The number of hydrogen-bond donors (Lipinski definition) is 1. The maximum Gasteiger partial charge on any atom is 0.213 e. The number of pyridine rings is 1. The van der Waals surface area contributed by atoms with Crippen LogP contribution in [0.25, 0.3) is 0 Å². The summed E-state index contributed by atoms with van der Waals surface area (Å²) >= 11 is 1.60. The lowest BCUT2D eigenvalue weighted by Crippen LogP contribution is -2.06. The molecule has 2 rings (SSSR count). The van der Waals surface area contributed by atoms with Crippen molar-refractivity contribution in [3.63, 3.8) is 0 Å². The molecule has 0 fully saturated rings. The molecule has 16 heavy (non-hydrogen) atoms. The third-order valence-electron chi connectivity index (χ3n) is 2.22. The Bertz CT molecular complexity index is 427. The Morgan fingerprint density at radius 1 is 1.38 bits per heavy atom. The van der Waals surface area contributed by atoms with E-state index in [9.17, 15) is 0 Å². The van der Waals surface area contributed by atoms with E-state index in [0.717, 1.165) is 11.4 Å². The van der Waals surface area contributed by atoms with E-state index in [1.165, 1.54) is 0 Å². The highest BCUT2D eigenvalue weighted by Crippen LogP contribution is 2.19. The molecule has 4 nitrogen and oxygen atoms in total. The molecule has 0 bridgehead atoms. The van der Waals surface area contributed by atoms with E-state index in [1.54, 1.807) is 24.6 Å². The minimum Gasteiger partial charge on any atom is -0.481 e. The fraction of sp³-hybridized carbons (Fsp3) is 0.273. The molecule has 0 aliphatic heterocycles. The van der Waals surface area contributed by atoms with Gasteiger partial charge in [-0.25, -0.2) is 9.97 Å². The highest BCUT2D eigenvalue weighted by atomic mass is 32.1. The van der Waals surface area contributed by atoms with Gasteiger partial charge in [-0.2, -0.15) is 0 Å². The monoisotopic (exact) mass is 235 g/mol. The lowest BCUT2D eigenvalue weighted by atomic mass is 10.2. The van der Waals surface area contributed by atoms with Crippen LogP contribution in [0.3, 0.4) is 0 Å². The third kappa shape index (κ3) is 2.49. The lowest BCUT2D eigenvalue weighted by molar-refractivity contribution is 0.398. The topological polar surface area (TPSA) is 47.0 Å². The highest BCUT2D eigenvalue weighted by Gasteiger charge is 2.06. The standard InChI is InChI=1S/C11H13N3OS/c1-8(10-6-16-7-13-10)14-9-3-4-11(15-2)12-5-9/h3-8,14H,1-2H3. The summed E-state index contributed by atoms with van der Waals surface area (Å²) in [6.07, 6.45) is 1.75. The van der Waals surface area contributed by atoms with Gasteiger partial charge >= 0.3 is 0 Å². The highest BCUT2D eigenvalue weighted by molar-refractivity contribution is 7.07. The average molecular weight is 235 g/mol. The molecular weight excluding hydrogens is 222 g/mol. The Balaban J connectivity index is 2.03. The normalized spacial score (nSPS) is 12.1. The predicted octanol–water partition coefficient (Wildman–Crippen LogP) is 2.72. The Morgan fingerprint density at radius 2 is 2.25 bits per heavy atom. The van der Waals surface area contributed by atoms with Crippen LogP contribution >= 0.6 is 11.3 Å². The summed E-state index contributed by atoms with van der Waals surface area (Å²) in [5, 5.41) is 5.36. The summed E-state index contributed by atoms with van der Waals surface area (Å²) in [5.41, 5.74) is 3.84. The number of thiazole rings is 1. The SMILES string of the molecule is COc1ccc(NC(C)c2cscn2)cn1. The van der Waals surface area contributed by atoms with Gasteiger partial charge in [-0.1, -0.05) is 0 Å². The quantitative estimate of drug-likeness (QED) is 0.885. The van der Waals surface area contributed by atoms with E-state index >= 15 is 0 Å². The van der Waals surface area contributed by atoms with Crippen LogP contribution in [0.4, 0.5) is 5.69 Å². The van der Waals surface area contributed by atoms with Crippen molar-refractivity contribution in [3.8, 4) is 5.88 Å². The summed E-state index contributed by atoms with van der Waals surface area (Å²) in [4.78, 5) is 8.39. The van der Waals surface area contributed by atoms with Gasteiger partial charge in [-0.15, -0.1) is 11.3 Å². The fourth-order valence-electron chi connectivity index (χ4n) is 1.35. The Morgan fingerprint density at radius 3 is 2.81 bits per heavy atom. The van der Waals surface area contributed by atoms with Gasteiger partial charge in [0.1, 0.15) is 0 Å². The van der Waals surface area contributed by atoms with Gasteiger partial charge in [0.05, 0.1) is 36.2 Å². The molecule has 0 radical (unpaired) electrons. The zero-order valence-corrected chi connectivity index (χ0v) is 9.99. The summed E-state index contributed by atoms with van der Waals surface area (Å²) in [5.74, 6) is 0.617. The van der Waals surface area contributed by atoms with Crippen LogP contribution in [-0.4, -0.2) is 17.1 Å². The number of anilines is 1. The molecule has 1 atom stereocenters. The van der Waals surface area contributed by atoms with Gasteiger partial charge in [0, 0.05) is 11.4 Å². The number of rotatable bonds is 4. The van der Waals surface area contributed by atoms with E-state index in [0.29, 0.717) is 5.88 Å². The molecule has 0 aliphatic rings. The Hall–Kier alpha value is -1.62. The van der Waals surface area contributed by atoms with Crippen molar-refractivity contribution in [3.05, 3.63) is 34.9 Å². The van der Waals surface area contributed by atoms with Crippen LogP contribution in [0, 0.1) is 0 Å². The van der Waals surface area contributed by atoms with Gasteiger partial charge in [-0.3, -0.25) is 0 Å². The van der Waals surface area contributed by atoms with Crippen molar-refractivity contribution in [2.24, 2.45) is 0 Å². The van der Waals surface area contributed by atoms with Crippen LogP contribution in [0.1, 0.15) is 18.7 Å². The van der Waals surface area contributed by atoms with Crippen molar-refractivity contribution < 1.29 is 4.74 Å². The van der Waals surface area contributed by atoms with Crippen LogP contribution in [0.2, 0.25) is 0 Å². The Labute approximate surface area is 98.3 Å². The molecule has 0 aliphatic carbocycles. The molecule has 1 N–H and O–H groups in total. The first-order valence-corrected chi connectivity index (χ1v) is 5.88. The molecule has 0 saturated carbocycles. The Kier molecular flexibility index (Phi) is 3.36. The van der Waals surface area contributed by atoms with E-state index in [1.807, 2.05) is 23.0 Å². The zero-order valence-electron chi connectivity index (χ0n) is 9.18. The second kappa shape index (κ2) is 4.94. The summed E-state index contributed by atoms with van der Waals surface area (Å²) in [6, 6.07) is 3.95. The number of nitrogens with one attached hydrogen (secondary N) is 1. The first-order valence-electron chi connectivity index (χ1n) is 4.94. The molecule has 0 spiro atoms. The number of aromatic nitrogens is 2. The zero-order chi connectivity index (χ0) is 11.4. The number of nitrogens with zero attached hydrogens (tertiary/aromatic N) is 2. The minimum atomic E-state index is 0.182. The molecule has 0 saturated heterocycles. The van der Waals surface area contributed by atoms with Crippen LogP contribution in [-0.2, 0) is 0 Å². The molecular formula is C11H13N3OS. The van der Waals surface area contributed by atoms with Crippen LogP contribution in [0.5, 0.6) is 5.88 Å². The predicted molar refractivity (Wildman–Crippen MR) is 64.9 cm³/mol. The molecule has 84 valence electrons. The van der Waals surface area contributed by atoms with Gasteiger partial charge in [-0.05, 0) is 13.0 Å². The smallest absolute Gasteiger partial charge is 0.213 e. The second-order valence-electron chi connectivity index (χ2n) is 3.37. The van der Waals surface area contributed by atoms with Crippen molar-refractivity contribution in [1.29, 1.82) is 0 Å². The molecule has 2 aromatic heterocycles. The maximum absolute atomic E-state index is 5.00. The van der Waals surface area contributed by atoms with Gasteiger partial charge in [0.25, 0.3) is 0 Å². The van der Waals surface area contributed by atoms with Gasteiger partial charge < -0.3 is 10.1 Å². The van der Waals surface area contributed by atoms with Gasteiger partial charge in [0.15, 0.2) is 0 Å². The summed E-state index contributed by atoms with van der Waals surface area (Å²) in [7, 11) is 1.60. The van der Waals surface area contributed by atoms with E-state index < -0.39 is 0 Å². The van der Waals surface area contributed by atoms with Gasteiger partial charge in [0.2, 0.25) is 5.88 Å². The van der Waals surface area contributed by atoms with Crippen LogP contribution in [0.15, 0.2) is 29.2 Å². The number of methoxy groups -OCH3 is 1. The molecule has 0 aromatic carbocycles. The first-order chi connectivity index (χ1) is 7.79. The molecule has 2 heterocycles. The minimum absolute atomic E-state index is 0.182. The van der Waals surface area contributed by atoms with Crippen molar-refractivity contribution in [2.75, 3.05) is 12.4 Å². The summed E-state index contributed by atoms with van der Waals surface area (Å²) in [6.45, 7) is 2.07. The second-order valence-corrected chi connectivity index (χ2v) is 4.09. The van der Waals surface area contributed by atoms with E-state index in [-0.39, 0.29) is 6.04 Å². The molecule has 5 heteroatoms. The largest absolute Gasteiger partial charge is 0.481 e. The summed E-state index contributed by atoms with van der Waals surface area (Å²) < 4.78 is 5.00. The maximum atomic E-state index is 5.00. The number of ether oxygens (including phenoxy) is 1. The molecule has 2 aromatic rings. The first kappa shape index (κ1) is 10.9.